The van der Waals surface area contributed by atoms with Crippen molar-refractivity contribution < 1.29 is 23.8 Å². The van der Waals surface area contributed by atoms with Crippen molar-refractivity contribution in [3.8, 4) is 23.0 Å². The molecule has 6 rings (SSSR count). The molecule has 47 heavy (non-hydrogen) atoms. The first kappa shape index (κ1) is 32.4. The molecule has 10 nitrogen and oxygen atoms in total. The molecule has 1 saturated heterocycles. The number of carbonyl (C=O) groups excluding carboxylic acids is 2. The standard InChI is InChI=1S/C35H35Cl2N5O5/c1-2-42(35(44)39-26-7-10-28(36)29(37)20-26)30-21-38-14-13-31(30)47-27-8-3-24(4-9-27)6-12-34(43)41-17-15-40(16-18-41)22-25-5-11-32-33(19-25)46-23-45-32/h3-5,7-11,13-14,19-21H,2,6,12,15-18,22-23H2,1H3,(H,39,44). The van der Waals surface area contributed by atoms with Crippen molar-refractivity contribution in [3.63, 3.8) is 0 Å². The second-order valence-electron chi connectivity index (χ2n) is 11.2. The van der Waals surface area contributed by atoms with E-state index in [0.717, 1.165) is 36.7 Å². The van der Waals surface area contributed by atoms with Gasteiger partial charge in [0.2, 0.25) is 12.7 Å². The topological polar surface area (TPSA) is 96.5 Å². The molecule has 2 aliphatic rings. The number of ether oxygens (including phenoxy) is 3. The zero-order valence-electron chi connectivity index (χ0n) is 26.0. The number of piperazine rings is 1. The molecule has 2 aliphatic heterocycles. The molecule has 0 saturated carbocycles. The molecule has 0 spiro atoms. The van der Waals surface area contributed by atoms with Gasteiger partial charge in [-0.25, -0.2) is 4.79 Å². The van der Waals surface area contributed by atoms with Crippen LogP contribution in [0.1, 0.15) is 24.5 Å². The predicted octanol–water partition coefficient (Wildman–Crippen LogP) is 7.24. The first-order valence-electron chi connectivity index (χ1n) is 15.5. The van der Waals surface area contributed by atoms with Crippen LogP contribution in [-0.2, 0) is 17.8 Å². The third-order valence-corrected chi connectivity index (χ3v) is 8.87. The molecule has 0 radical (unpaired) electrons. The van der Waals surface area contributed by atoms with Crippen molar-refractivity contribution in [2.24, 2.45) is 0 Å². The molecule has 3 amide bonds. The normalized spacial score (nSPS) is 14.1. The van der Waals surface area contributed by atoms with E-state index in [0.29, 0.717) is 65.4 Å². The second kappa shape index (κ2) is 14.9. The van der Waals surface area contributed by atoms with Crippen LogP contribution in [0.5, 0.6) is 23.0 Å². The van der Waals surface area contributed by atoms with E-state index in [1.165, 1.54) is 10.5 Å². The third kappa shape index (κ3) is 8.08. The van der Waals surface area contributed by atoms with Gasteiger partial charge >= 0.3 is 6.03 Å². The zero-order valence-corrected chi connectivity index (χ0v) is 27.5. The summed E-state index contributed by atoms with van der Waals surface area (Å²) >= 11 is 12.1. The van der Waals surface area contributed by atoms with Crippen molar-refractivity contribution >= 4 is 46.5 Å². The zero-order chi connectivity index (χ0) is 32.8. The van der Waals surface area contributed by atoms with Gasteiger partial charge in [-0.1, -0.05) is 41.4 Å². The van der Waals surface area contributed by atoms with E-state index in [1.54, 1.807) is 36.7 Å². The Bertz CT molecular complexity index is 1730. The number of hydrogen-bond acceptors (Lipinski definition) is 7. The summed E-state index contributed by atoms with van der Waals surface area (Å²) in [4.78, 5) is 36.2. The average molecular weight is 677 g/mol. The van der Waals surface area contributed by atoms with Gasteiger partial charge in [-0.15, -0.1) is 0 Å². The van der Waals surface area contributed by atoms with Crippen LogP contribution in [0.4, 0.5) is 16.2 Å². The van der Waals surface area contributed by atoms with Crippen LogP contribution in [0.3, 0.4) is 0 Å². The number of nitrogens with one attached hydrogen (secondary N) is 1. The lowest BCUT2D eigenvalue weighted by Crippen LogP contribution is -2.48. The van der Waals surface area contributed by atoms with Gasteiger partial charge in [0.25, 0.3) is 0 Å². The highest BCUT2D eigenvalue weighted by atomic mass is 35.5. The van der Waals surface area contributed by atoms with Crippen LogP contribution in [0.25, 0.3) is 0 Å². The molecular formula is C35H35Cl2N5O5. The molecule has 1 fully saturated rings. The van der Waals surface area contributed by atoms with Crippen LogP contribution in [0, 0.1) is 0 Å². The quantitative estimate of drug-likeness (QED) is 0.189. The number of aromatic nitrogens is 1. The summed E-state index contributed by atoms with van der Waals surface area (Å²) < 4.78 is 17.1. The molecule has 0 bridgehead atoms. The Balaban J connectivity index is 0.989. The van der Waals surface area contributed by atoms with Crippen molar-refractivity contribution in [2.45, 2.75) is 26.3 Å². The SMILES string of the molecule is CCN(C(=O)Nc1ccc(Cl)c(Cl)c1)c1cnccc1Oc1ccc(CCC(=O)N2CCN(Cc3ccc4c(c3)OCO4)CC2)cc1. The van der Waals surface area contributed by atoms with Crippen LogP contribution in [-0.4, -0.2) is 66.2 Å². The summed E-state index contributed by atoms with van der Waals surface area (Å²) in [6, 6.07) is 20.0. The van der Waals surface area contributed by atoms with Crippen molar-refractivity contribution in [2.75, 3.05) is 49.7 Å². The summed E-state index contributed by atoms with van der Waals surface area (Å²) in [5.41, 5.74) is 3.24. The lowest BCUT2D eigenvalue weighted by molar-refractivity contribution is -0.133. The van der Waals surface area contributed by atoms with Gasteiger partial charge in [-0.3, -0.25) is 19.6 Å². The number of carbonyl (C=O) groups is 2. The van der Waals surface area contributed by atoms with Crippen LogP contribution in [0.15, 0.2) is 79.1 Å². The highest BCUT2D eigenvalue weighted by Gasteiger charge is 2.23. The molecule has 0 unspecified atom stereocenters. The van der Waals surface area contributed by atoms with E-state index >= 15 is 0 Å². The molecule has 244 valence electrons. The minimum atomic E-state index is -0.366. The van der Waals surface area contributed by atoms with Gasteiger partial charge in [0.15, 0.2) is 17.2 Å². The van der Waals surface area contributed by atoms with Gasteiger partial charge < -0.3 is 24.4 Å². The first-order valence-corrected chi connectivity index (χ1v) is 16.2. The van der Waals surface area contributed by atoms with E-state index < -0.39 is 0 Å². The number of pyridine rings is 1. The maximum atomic E-state index is 13.2. The highest BCUT2D eigenvalue weighted by Crippen LogP contribution is 2.34. The number of rotatable bonds is 10. The Morgan fingerprint density at radius 2 is 1.68 bits per heavy atom. The number of benzene rings is 3. The van der Waals surface area contributed by atoms with Gasteiger partial charge in [-0.05, 0) is 66.9 Å². The molecule has 4 aromatic rings. The molecule has 12 heteroatoms. The van der Waals surface area contributed by atoms with E-state index in [1.807, 2.05) is 48.2 Å². The Hall–Kier alpha value is -4.51. The highest BCUT2D eigenvalue weighted by molar-refractivity contribution is 6.42. The number of hydrogen-bond donors (Lipinski definition) is 1. The molecule has 0 atom stereocenters. The molecule has 3 heterocycles. The average Bonchev–Trinajstić information content (AvgIpc) is 3.55. The largest absolute Gasteiger partial charge is 0.455 e. The molecule has 0 aliphatic carbocycles. The van der Waals surface area contributed by atoms with E-state index in [4.69, 9.17) is 37.4 Å². The summed E-state index contributed by atoms with van der Waals surface area (Å²) in [6.07, 6.45) is 4.27. The Kier molecular flexibility index (Phi) is 10.3. The van der Waals surface area contributed by atoms with E-state index in [-0.39, 0.29) is 18.7 Å². The fourth-order valence-electron chi connectivity index (χ4n) is 5.56. The number of aryl methyl sites for hydroxylation is 1. The van der Waals surface area contributed by atoms with E-state index in [2.05, 4.69) is 21.3 Å². The summed E-state index contributed by atoms with van der Waals surface area (Å²) in [6.45, 7) is 6.41. The summed E-state index contributed by atoms with van der Waals surface area (Å²) in [5, 5.41) is 3.59. The lowest BCUT2D eigenvalue weighted by atomic mass is 10.1. The molecular weight excluding hydrogens is 641 g/mol. The molecule has 1 N–H and O–H groups in total. The number of fused-ring (bicyclic) bond motifs is 1. The van der Waals surface area contributed by atoms with Gasteiger partial charge in [0.1, 0.15) is 11.4 Å². The Labute approximate surface area is 283 Å². The third-order valence-electron chi connectivity index (χ3n) is 8.13. The van der Waals surface area contributed by atoms with Crippen LogP contribution >= 0.6 is 23.2 Å². The maximum Gasteiger partial charge on any atom is 0.326 e. The number of urea groups is 1. The second-order valence-corrected chi connectivity index (χ2v) is 12.1. The van der Waals surface area contributed by atoms with Crippen LogP contribution < -0.4 is 24.4 Å². The van der Waals surface area contributed by atoms with Crippen molar-refractivity contribution in [1.82, 2.24) is 14.8 Å². The Morgan fingerprint density at radius 3 is 2.45 bits per heavy atom. The summed E-state index contributed by atoms with van der Waals surface area (Å²) in [5.74, 6) is 2.83. The number of halogens is 2. The predicted molar refractivity (Wildman–Crippen MR) is 182 cm³/mol. The smallest absolute Gasteiger partial charge is 0.326 e. The summed E-state index contributed by atoms with van der Waals surface area (Å²) in [7, 11) is 0. The van der Waals surface area contributed by atoms with Crippen molar-refractivity contribution in [1.29, 1.82) is 0 Å². The Morgan fingerprint density at radius 1 is 0.915 bits per heavy atom. The minimum Gasteiger partial charge on any atom is -0.455 e. The maximum absolute atomic E-state index is 13.2. The molecule has 3 aromatic carbocycles. The minimum absolute atomic E-state index is 0.160. The monoisotopic (exact) mass is 675 g/mol. The molecule has 1 aromatic heterocycles. The van der Waals surface area contributed by atoms with Gasteiger partial charge in [0.05, 0.1) is 16.2 Å². The fraction of sp³-hybridized carbons (Fsp3) is 0.286. The number of nitrogens with zero attached hydrogens (tertiary/aromatic N) is 4. The number of anilines is 2. The number of amides is 3. The van der Waals surface area contributed by atoms with E-state index in [9.17, 15) is 9.59 Å². The first-order chi connectivity index (χ1) is 22.9. The lowest BCUT2D eigenvalue weighted by Gasteiger charge is -2.35. The van der Waals surface area contributed by atoms with Crippen molar-refractivity contribution in [3.05, 3.63) is 100 Å². The fourth-order valence-corrected chi connectivity index (χ4v) is 5.86. The van der Waals surface area contributed by atoms with Gasteiger partial charge in [0, 0.05) is 63.6 Å². The van der Waals surface area contributed by atoms with Gasteiger partial charge in [-0.2, -0.15) is 0 Å². The van der Waals surface area contributed by atoms with Crippen LogP contribution in [0.2, 0.25) is 10.0 Å².